The van der Waals surface area contributed by atoms with E-state index in [9.17, 15) is 0 Å². The number of fused-ring (bicyclic) bond motifs is 4. The van der Waals surface area contributed by atoms with Gasteiger partial charge < -0.3 is 18.9 Å². The van der Waals surface area contributed by atoms with Gasteiger partial charge in [-0.3, -0.25) is 0 Å². The van der Waals surface area contributed by atoms with Crippen molar-refractivity contribution in [2.24, 2.45) is 0 Å². The minimum atomic E-state index is 0.688. The van der Waals surface area contributed by atoms with E-state index in [2.05, 4.69) is 42.0 Å². The van der Waals surface area contributed by atoms with Crippen LogP contribution in [0.2, 0.25) is 0 Å². The molecule has 0 amide bonds. The highest BCUT2D eigenvalue weighted by Crippen LogP contribution is 2.40. The summed E-state index contributed by atoms with van der Waals surface area (Å²) in [5.74, 6) is 3.12. The van der Waals surface area contributed by atoms with Crippen LogP contribution in [0.1, 0.15) is 25.3 Å². The number of pyridine rings is 1. The van der Waals surface area contributed by atoms with Crippen LogP contribution >= 0.6 is 0 Å². The first-order valence-corrected chi connectivity index (χ1v) is 10.1. The summed E-state index contributed by atoms with van der Waals surface area (Å²) in [5.41, 5.74) is 3.62. The van der Waals surface area contributed by atoms with E-state index in [0.29, 0.717) is 6.61 Å². The zero-order valence-corrected chi connectivity index (χ0v) is 17.6. The van der Waals surface area contributed by atoms with Gasteiger partial charge in [0.1, 0.15) is 0 Å². The molecule has 5 nitrogen and oxygen atoms in total. The Kier molecular flexibility index (Phi) is 5.47. The SMILES string of the molecule is CCCCOc1c(OC)ccc2cc3[n+](cc12)CCc1cc(OC)c(OC)cc1-3. The fourth-order valence-electron chi connectivity index (χ4n) is 3.96. The van der Waals surface area contributed by atoms with Crippen molar-refractivity contribution in [1.82, 2.24) is 0 Å². The van der Waals surface area contributed by atoms with Gasteiger partial charge in [0.05, 0.1) is 38.9 Å². The summed E-state index contributed by atoms with van der Waals surface area (Å²) in [5, 5.41) is 2.21. The number of rotatable bonds is 7. The number of methoxy groups -OCH3 is 3. The minimum Gasteiger partial charge on any atom is -0.493 e. The second kappa shape index (κ2) is 8.19. The predicted octanol–water partition coefficient (Wildman–Crippen LogP) is 4.56. The third-order valence-corrected chi connectivity index (χ3v) is 5.55. The standard InChI is InChI=1S/C24H28NO4/c1-5-6-11-29-24-19-15-25-10-9-17-13-22(27-3)23(28-4)14-18(17)20(25)12-16(19)7-8-21(24)26-2/h7-8,12-15H,5-6,9-11H2,1-4H3/q+1. The highest BCUT2D eigenvalue weighted by atomic mass is 16.5. The summed E-state index contributed by atoms with van der Waals surface area (Å²) < 4.78 is 25.0. The van der Waals surface area contributed by atoms with Gasteiger partial charge in [0, 0.05) is 12.5 Å². The molecule has 2 heterocycles. The molecule has 29 heavy (non-hydrogen) atoms. The Morgan fingerprint density at radius 2 is 1.69 bits per heavy atom. The summed E-state index contributed by atoms with van der Waals surface area (Å²) in [6, 6.07) is 10.5. The Bertz CT molecular complexity index is 1040. The number of benzene rings is 2. The van der Waals surface area contributed by atoms with Crippen molar-refractivity contribution in [2.45, 2.75) is 32.7 Å². The van der Waals surface area contributed by atoms with Crippen LogP contribution in [0.25, 0.3) is 22.0 Å². The Morgan fingerprint density at radius 3 is 2.41 bits per heavy atom. The molecule has 0 N–H and O–H groups in total. The van der Waals surface area contributed by atoms with Crippen LogP contribution in [-0.4, -0.2) is 27.9 Å². The molecule has 0 saturated carbocycles. The van der Waals surface area contributed by atoms with Crippen molar-refractivity contribution >= 4 is 10.8 Å². The molecule has 0 fully saturated rings. The predicted molar refractivity (Wildman–Crippen MR) is 113 cm³/mol. The van der Waals surface area contributed by atoms with Gasteiger partial charge in [-0.15, -0.1) is 0 Å². The summed E-state index contributed by atoms with van der Waals surface area (Å²) in [6.07, 6.45) is 5.24. The summed E-state index contributed by atoms with van der Waals surface area (Å²) >= 11 is 0. The molecular formula is C24H28NO4+. The highest BCUT2D eigenvalue weighted by molar-refractivity contribution is 5.91. The molecule has 5 heteroatoms. The van der Waals surface area contributed by atoms with E-state index in [-0.39, 0.29) is 0 Å². The average Bonchev–Trinajstić information content (AvgIpc) is 2.76. The van der Waals surface area contributed by atoms with E-state index in [1.165, 1.54) is 16.8 Å². The summed E-state index contributed by atoms with van der Waals surface area (Å²) in [4.78, 5) is 0. The van der Waals surface area contributed by atoms with Crippen LogP contribution in [0.5, 0.6) is 23.0 Å². The smallest absolute Gasteiger partial charge is 0.213 e. The lowest BCUT2D eigenvalue weighted by Crippen LogP contribution is -2.40. The molecule has 0 saturated heterocycles. The van der Waals surface area contributed by atoms with Crippen LogP contribution in [-0.2, 0) is 13.0 Å². The van der Waals surface area contributed by atoms with E-state index in [1.54, 1.807) is 21.3 Å². The minimum absolute atomic E-state index is 0.688. The van der Waals surface area contributed by atoms with Gasteiger partial charge >= 0.3 is 0 Å². The molecule has 1 aromatic heterocycles. The second-order valence-electron chi connectivity index (χ2n) is 7.27. The normalized spacial score (nSPS) is 12.3. The van der Waals surface area contributed by atoms with Crippen LogP contribution in [0.3, 0.4) is 0 Å². The van der Waals surface area contributed by atoms with Crippen molar-refractivity contribution in [3.8, 4) is 34.3 Å². The first-order chi connectivity index (χ1) is 14.2. The number of aromatic nitrogens is 1. The summed E-state index contributed by atoms with van der Waals surface area (Å²) in [7, 11) is 5.04. The van der Waals surface area contributed by atoms with Crippen molar-refractivity contribution < 1.29 is 23.5 Å². The molecule has 2 aromatic carbocycles. The lowest BCUT2D eigenvalue weighted by Gasteiger charge is -2.19. The van der Waals surface area contributed by atoms with Crippen LogP contribution < -0.4 is 23.5 Å². The number of unbranched alkanes of at least 4 members (excludes halogenated alkanes) is 1. The number of hydrogen-bond donors (Lipinski definition) is 0. The molecule has 0 bridgehead atoms. The maximum atomic E-state index is 6.13. The summed E-state index contributed by atoms with van der Waals surface area (Å²) in [6.45, 7) is 3.75. The largest absolute Gasteiger partial charge is 0.493 e. The number of hydrogen-bond acceptors (Lipinski definition) is 4. The van der Waals surface area contributed by atoms with Gasteiger partial charge in [-0.25, -0.2) is 0 Å². The molecule has 0 radical (unpaired) electrons. The van der Waals surface area contributed by atoms with Crippen LogP contribution in [0, 0.1) is 0 Å². The van der Waals surface area contributed by atoms with Gasteiger partial charge in [-0.1, -0.05) is 13.3 Å². The number of aryl methyl sites for hydroxylation is 2. The highest BCUT2D eigenvalue weighted by Gasteiger charge is 2.27. The van der Waals surface area contributed by atoms with Gasteiger partial charge in [-0.2, -0.15) is 4.57 Å². The quantitative estimate of drug-likeness (QED) is 0.435. The van der Waals surface area contributed by atoms with E-state index in [0.717, 1.165) is 59.6 Å². The molecule has 4 rings (SSSR count). The first kappa shape index (κ1) is 19.4. The molecule has 152 valence electrons. The van der Waals surface area contributed by atoms with Crippen LogP contribution in [0.15, 0.2) is 36.5 Å². The Morgan fingerprint density at radius 1 is 0.931 bits per heavy atom. The van der Waals surface area contributed by atoms with Gasteiger partial charge in [0.2, 0.25) is 5.69 Å². The van der Waals surface area contributed by atoms with Gasteiger partial charge in [-0.05, 0) is 41.6 Å². The second-order valence-corrected chi connectivity index (χ2v) is 7.27. The molecule has 1 aliphatic heterocycles. The third kappa shape index (κ3) is 3.46. The first-order valence-electron chi connectivity index (χ1n) is 10.1. The Labute approximate surface area is 171 Å². The molecular weight excluding hydrogens is 366 g/mol. The van der Waals surface area contributed by atoms with Crippen molar-refractivity contribution in [2.75, 3.05) is 27.9 Å². The zero-order valence-electron chi connectivity index (χ0n) is 17.6. The molecule has 0 aliphatic carbocycles. The topological polar surface area (TPSA) is 40.8 Å². The van der Waals surface area contributed by atoms with Crippen molar-refractivity contribution in [3.63, 3.8) is 0 Å². The fraction of sp³-hybridized carbons (Fsp3) is 0.375. The molecule has 0 spiro atoms. The lowest BCUT2D eigenvalue weighted by atomic mass is 9.95. The van der Waals surface area contributed by atoms with Crippen LogP contribution in [0.4, 0.5) is 0 Å². The number of nitrogens with zero attached hydrogens (tertiary/aromatic N) is 1. The lowest BCUT2D eigenvalue weighted by molar-refractivity contribution is -0.686. The third-order valence-electron chi connectivity index (χ3n) is 5.55. The van der Waals surface area contributed by atoms with E-state index < -0.39 is 0 Å². The zero-order chi connectivity index (χ0) is 20.4. The molecule has 0 atom stereocenters. The average molecular weight is 394 g/mol. The van der Waals surface area contributed by atoms with E-state index >= 15 is 0 Å². The number of ether oxygens (including phenoxy) is 4. The van der Waals surface area contributed by atoms with E-state index in [1.807, 2.05) is 6.07 Å². The Balaban J connectivity index is 1.86. The van der Waals surface area contributed by atoms with Crippen molar-refractivity contribution in [1.29, 1.82) is 0 Å². The van der Waals surface area contributed by atoms with Gasteiger partial charge in [0.25, 0.3) is 0 Å². The molecule has 0 unspecified atom stereocenters. The van der Waals surface area contributed by atoms with Gasteiger partial charge in [0.15, 0.2) is 35.7 Å². The maximum Gasteiger partial charge on any atom is 0.213 e. The van der Waals surface area contributed by atoms with Crippen molar-refractivity contribution in [3.05, 3.63) is 42.1 Å². The maximum absolute atomic E-state index is 6.13. The molecule has 3 aromatic rings. The Hall–Kier alpha value is -2.95. The van der Waals surface area contributed by atoms with E-state index in [4.69, 9.17) is 18.9 Å². The molecule has 1 aliphatic rings. The fourth-order valence-corrected chi connectivity index (χ4v) is 3.96. The monoisotopic (exact) mass is 394 g/mol.